The number of nitrogens with one attached hydrogen (secondary N) is 1. The largest absolute Gasteiger partial charge is 0.496 e. The van der Waals surface area contributed by atoms with Gasteiger partial charge in [-0.2, -0.15) is 0 Å². The number of hydrogen-bond acceptors (Lipinski definition) is 2. The molecule has 1 amide bonds. The normalized spacial score (nSPS) is 16.4. The Labute approximate surface area is 125 Å². The van der Waals surface area contributed by atoms with Gasteiger partial charge >= 0.3 is 0 Å². The highest BCUT2D eigenvalue weighted by Crippen LogP contribution is 2.29. The molecule has 4 nitrogen and oxygen atoms in total. The van der Waals surface area contributed by atoms with Crippen LogP contribution >= 0.6 is 0 Å². The Morgan fingerprint density at radius 1 is 1.38 bits per heavy atom. The minimum absolute atomic E-state index is 0.216. The van der Waals surface area contributed by atoms with E-state index in [2.05, 4.69) is 11.9 Å². The molecule has 4 heteroatoms. The van der Waals surface area contributed by atoms with Crippen molar-refractivity contribution in [3.8, 4) is 5.75 Å². The monoisotopic (exact) mass is 286 g/mol. The molecule has 0 saturated carbocycles. The van der Waals surface area contributed by atoms with E-state index in [1.807, 2.05) is 29.3 Å². The van der Waals surface area contributed by atoms with Gasteiger partial charge in [0.25, 0.3) is 0 Å². The quantitative estimate of drug-likeness (QED) is 0.943. The number of benzene rings is 1. The van der Waals surface area contributed by atoms with Gasteiger partial charge in [0.2, 0.25) is 5.91 Å². The average Bonchev–Trinajstić information content (AvgIpc) is 2.91. The average molecular weight is 286 g/mol. The van der Waals surface area contributed by atoms with Crippen LogP contribution in [0.3, 0.4) is 0 Å². The van der Waals surface area contributed by atoms with E-state index in [0.717, 1.165) is 54.1 Å². The molecule has 0 atom stereocenters. The molecule has 21 heavy (non-hydrogen) atoms. The van der Waals surface area contributed by atoms with Crippen LogP contribution in [0.2, 0.25) is 0 Å². The molecule has 1 aromatic carbocycles. The number of methoxy groups -OCH3 is 1. The highest BCUT2D eigenvalue weighted by Gasteiger charge is 2.21. The molecule has 1 N–H and O–H groups in total. The third kappa shape index (κ3) is 2.75. The van der Waals surface area contributed by atoms with Gasteiger partial charge in [0.15, 0.2) is 0 Å². The summed E-state index contributed by atoms with van der Waals surface area (Å²) >= 11 is 0. The lowest BCUT2D eigenvalue weighted by atomic mass is 9.98. The zero-order chi connectivity index (χ0) is 14.8. The van der Waals surface area contributed by atoms with Crippen LogP contribution in [-0.2, 0) is 11.2 Å². The van der Waals surface area contributed by atoms with E-state index >= 15 is 0 Å². The van der Waals surface area contributed by atoms with Crippen molar-refractivity contribution in [1.82, 2.24) is 9.88 Å². The molecule has 2 aromatic rings. The molecule has 1 aliphatic rings. The first-order valence-corrected chi connectivity index (χ1v) is 7.59. The lowest BCUT2D eigenvalue weighted by molar-refractivity contribution is -0.131. The molecule has 0 radical (unpaired) electrons. The Hall–Kier alpha value is -1.97. The Kier molecular flexibility index (Phi) is 3.86. The van der Waals surface area contributed by atoms with Crippen LogP contribution in [0.1, 0.15) is 25.3 Å². The summed E-state index contributed by atoms with van der Waals surface area (Å²) in [5.74, 6) is 1.78. The molecule has 1 fully saturated rings. The van der Waals surface area contributed by atoms with Crippen LogP contribution in [0.25, 0.3) is 10.9 Å². The standard InChI is InChI=1S/C17H22N2O2/c1-12-6-8-19(9-7-12)16(20)10-13-11-18-14-4-3-5-15(21-2)17(13)14/h3-5,11-12,18H,6-10H2,1-2H3. The van der Waals surface area contributed by atoms with Crippen molar-refractivity contribution < 1.29 is 9.53 Å². The van der Waals surface area contributed by atoms with Crippen LogP contribution in [0, 0.1) is 5.92 Å². The fourth-order valence-electron chi connectivity index (χ4n) is 3.06. The van der Waals surface area contributed by atoms with Gasteiger partial charge < -0.3 is 14.6 Å². The van der Waals surface area contributed by atoms with Crippen molar-refractivity contribution in [2.75, 3.05) is 20.2 Å². The summed E-state index contributed by atoms with van der Waals surface area (Å²) in [5.41, 5.74) is 2.04. The number of nitrogens with zero attached hydrogens (tertiary/aromatic N) is 1. The summed E-state index contributed by atoms with van der Waals surface area (Å²) in [6, 6.07) is 5.90. The Balaban J connectivity index is 1.80. The smallest absolute Gasteiger partial charge is 0.227 e. The summed E-state index contributed by atoms with van der Waals surface area (Å²) < 4.78 is 5.42. The van der Waals surface area contributed by atoms with Crippen LogP contribution in [-0.4, -0.2) is 36.0 Å². The van der Waals surface area contributed by atoms with Crippen molar-refractivity contribution in [2.24, 2.45) is 5.92 Å². The molecular formula is C17H22N2O2. The molecule has 0 unspecified atom stereocenters. The minimum atomic E-state index is 0.216. The van der Waals surface area contributed by atoms with Crippen molar-refractivity contribution in [2.45, 2.75) is 26.2 Å². The predicted molar refractivity (Wildman–Crippen MR) is 83.5 cm³/mol. The van der Waals surface area contributed by atoms with E-state index < -0.39 is 0 Å². The number of ether oxygens (including phenoxy) is 1. The highest BCUT2D eigenvalue weighted by molar-refractivity contribution is 5.93. The van der Waals surface area contributed by atoms with Crippen LogP contribution in [0.15, 0.2) is 24.4 Å². The van der Waals surface area contributed by atoms with Gasteiger partial charge in [0, 0.05) is 30.2 Å². The van der Waals surface area contributed by atoms with E-state index in [1.54, 1.807) is 7.11 Å². The van der Waals surface area contributed by atoms with E-state index in [9.17, 15) is 4.79 Å². The van der Waals surface area contributed by atoms with Crippen molar-refractivity contribution in [3.05, 3.63) is 30.0 Å². The molecule has 0 aliphatic carbocycles. The van der Waals surface area contributed by atoms with E-state index in [-0.39, 0.29) is 5.91 Å². The van der Waals surface area contributed by atoms with E-state index in [4.69, 9.17) is 4.74 Å². The molecule has 2 heterocycles. The number of H-pyrrole nitrogens is 1. The predicted octanol–water partition coefficient (Wildman–Crippen LogP) is 2.98. The number of likely N-dealkylation sites (tertiary alicyclic amines) is 1. The first-order valence-electron chi connectivity index (χ1n) is 7.59. The number of rotatable bonds is 3. The van der Waals surface area contributed by atoms with Crippen LogP contribution in [0.5, 0.6) is 5.75 Å². The van der Waals surface area contributed by atoms with Gasteiger partial charge in [0.05, 0.1) is 13.5 Å². The third-order valence-electron chi connectivity index (χ3n) is 4.45. The molecule has 3 rings (SSSR count). The zero-order valence-corrected chi connectivity index (χ0v) is 12.7. The second-order valence-corrected chi connectivity index (χ2v) is 5.94. The van der Waals surface area contributed by atoms with Crippen molar-refractivity contribution >= 4 is 16.8 Å². The maximum Gasteiger partial charge on any atom is 0.227 e. The Morgan fingerprint density at radius 2 is 2.14 bits per heavy atom. The van der Waals surface area contributed by atoms with Gasteiger partial charge in [-0.25, -0.2) is 0 Å². The fourth-order valence-corrected chi connectivity index (χ4v) is 3.06. The van der Waals surface area contributed by atoms with Gasteiger partial charge in [-0.1, -0.05) is 13.0 Å². The van der Waals surface area contributed by atoms with E-state index in [0.29, 0.717) is 6.42 Å². The van der Waals surface area contributed by atoms with Crippen LogP contribution in [0.4, 0.5) is 0 Å². The number of aromatic nitrogens is 1. The number of piperidine rings is 1. The zero-order valence-electron chi connectivity index (χ0n) is 12.7. The summed E-state index contributed by atoms with van der Waals surface area (Å²) in [5, 5.41) is 1.03. The number of fused-ring (bicyclic) bond motifs is 1. The van der Waals surface area contributed by atoms with Gasteiger partial charge in [-0.05, 0) is 36.5 Å². The SMILES string of the molecule is COc1cccc2[nH]cc(CC(=O)N3CCC(C)CC3)c12. The number of carbonyl (C=O) groups excluding carboxylic acids is 1. The maximum absolute atomic E-state index is 12.5. The summed E-state index contributed by atoms with van der Waals surface area (Å²) in [6.45, 7) is 4.03. The first-order chi connectivity index (χ1) is 10.2. The minimum Gasteiger partial charge on any atom is -0.496 e. The van der Waals surface area contributed by atoms with Crippen molar-refractivity contribution in [3.63, 3.8) is 0 Å². The molecule has 1 aliphatic heterocycles. The lowest BCUT2D eigenvalue weighted by Crippen LogP contribution is -2.38. The van der Waals surface area contributed by atoms with Gasteiger partial charge in [0.1, 0.15) is 5.75 Å². The molecule has 0 bridgehead atoms. The second kappa shape index (κ2) is 5.80. The fraction of sp³-hybridized carbons (Fsp3) is 0.471. The number of hydrogen-bond donors (Lipinski definition) is 1. The van der Waals surface area contributed by atoms with E-state index in [1.165, 1.54) is 0 Å². The highest BCUT2D eigenvalue weighted by atomic mass is 16.5. The van der Waals surface area contributed by atoms with Crippen LogP contribution < -0.4 is 4.74 Å². The Bertz CT molecular complexity index is 639. The van der Waals surface area contributed by atoms with Gasteiger partial charge in [-0.15, -0.1) is 0 Å². The molecule has 0 spiro atoms. The number of carbonyl (C=O) groups is 1. The summed E-state index contributed by atoms with van der Waals surface area (Å²) in [7, 11) is 1.67. The molecule has 112 valence electrons. The topological polar surface area (TPSA) is 45.3 Å². The van der Waals surface area contributed by atoms with Gasteiger partial charge in [-0.3, -0.25) is 4.79 Å². The number of amides is 1. The van der Waals surface area contributed by atoms with Crippen molar-refractivity contribution in [1.29, 1.82) is 0 Å². The second-order valence-electron chi connectivity index (χ2n) is 5.94. The first kappa shape index (κ1) is 14.0. The molecular weight excluding hydrogens is 264 g/mol. The molecule has 1 saturated heterocycles. The molecule has 1 aromatic heterocycles. The number of aromatic amines is 1. The summed E-state index contributed by atoms with van der Waals surface area (Å²) in [6.07, 6.45) is 4.60. The lowest BCUT2D eigenvalue weighted by Gasteiger charge is -2.30. The third-order valence-corrected chi connectivity index (χ3v) is 4.45. The Morgan fingerprint density at radius 3 is 2.86 bits per heavy atom. The maximum atomic E-state index is 12.5. The summed E-state index contributed by atoms with van der Waals surface area (Å²) in [4.78, 5) is 17.7.